The number of hydrogen-bond donors (Lipinski definition) is 2. The van der Waals surface area contributed by atoms with Gasteiger partial charge in [0.2, 0.25) is 0 Å². The normalized spacial score (nSPS) is 15.0. The zero-order valence-corrected chi connectivity index (χ0v) is 14.0. The molecule has 124 valence electrons. The average Bonchev–Trinajstić information content (AvgIpc) is 2.99. The van der Waals surface area contributed by atoms with E-state index in [1.54, 1.807) is 18.5 Å². The molecule has 1 saturated heterocycles. The van der Waals surface area contributed by atoms with E-state index in [1.807, 2.05) is 23.9 Å². The Bertz CT molecular complexity index is 651. The van der Waals surface area contributed by atoms with Crippen molar-refractivity contribution in [1.29, 1.82) is 0 Å². The third-order valence-corrected chi connectivity index (χ3v) is 4.13. The quantitative estimate of drug-likeness (QED) is 0.891. The Labute approximate surface area is 142 Å². The van der Waals surface area contributed by atoms with E-state index in [2.05, 4.69) is 20.6 Å². The maximum atomic E-state index is 12.3. The van der Waals surface area contributed by atoms with Crippen molar-refractivity contribution in [1.82, 2.24) is 25.2 Å². The second-order valence-electron chi connectivity index (χ2n) is 5.63. The number of carbonyl (C=O) groups is 1. The minimum Gasteiger partial charge on any atom is -0.345 e. The Balaban J connectivity index is 0.00000192. The second-order valence-corrected chi connectivity index (χ2v) is 5.63. The molecule has 0 unspecified atom stereocenters. The molecule has 0 spiro atoms. The van der Waals surface area contributed by atoms with E-state index in [1.165, 1.54) is 0 Å². The lowest BCUT2D eigenvalue weighted by Gasteiger charge is -2.22. The number of pyridine rings is 1. The van der Waals surface area contributed by atoms with Gasteiger partial charge in [0.1, 0.15) is 5.82 Å². The van der Waals surface area contributed by atoms with Crippen LogP contribution in [-0.4, -0.2) is 33.5 Å². The predicted molar refractivity (Wildman–Crippen MR) is 90.7 cm³/mol. The van der Waals surface area contributed by atoms with E-state index in [0.29, 0.717) is 18.0 Å². The molecule has 3 rings (SSSR count). The van der Waals surface area contributed by atoms with Gasteiger partial charge in [-0.3, -0.25) is 9.78 Å². The van der Waals surface area contributed by atoms with Crippen LogP contribution < -0.4 is 10.6 Å². The van der Waals surface area contributed by atoms with Crippen LogP contribution in [0.25, 0.3) is 0 Å². The Morgan fingerprint density at radius 3 is 2.83 bits per heavy atom. The summed E-state index contributed by atoms with van der Waals surface area (Å²) in [6, 6.07) is 3.68. The summed E-state index contributed by atoms with van der Waals surface area (Å²) >= 11 is 0. The van der Waals surface area contributed by atoms with Crippen LogP contribution in [0.5, 0.6) is 0 Å². The number of imidazole rings is 1. The summed E-state index contributed by atoms with van der Waals surface area (Å²) in [5, 5.41) is 6.26. The van der Waals surface area contributed by atoms with Crippen molar-refractivity contribution in [3.8, 4) is 0 Å². The number of hydrogen-bond acceptors (Lipinski definition) is 4. The first-order chi connectivity index (χ1) is 10.7. The van der Waals surface area contributed by atoms with Crippen molar-refractivity contribution in [2.75, 3.05) is 13.1 Å². The van der Waals surface area contributed by atoms with Crippen LogP contribution in [-0.2, 0) is 13.6 Å². The zero-order chi connectivity index (χ0) is 15.4. The summed E-state index contributed by atoms with van der Waals surface area (Å²) in [7, 11) is 1.91. The minimum atomic E-state index is -0.0828. The number of nitrogens with one attached hydrogen (secondary N) is 2. The van der Waals surface area contributed by atoms with Crippen LogP contribution in [0.1, 0.15) is 40.6 Å². The maximum Gasteiger partial charge on any atom is 0.251 e. The van der Waals surface area contributed by atoms with E-state index in [-0.39, 0.29) is 18.3 Å². The Kier molecular flexibility index (Phi) is 6.12. The highest BCUT2D eigenvalue weighted by Gasteiger charge is 2.17. The summed E-state index contributed by atoms with van der Waals surface area (Å²) in [5.74, 6) is 1.20. The van der Waals surface area contributed by atoms with E-state index in [0.717, 1.165) is 37.4 Å². The number of nitrogens with zero attached hydrogens (tertiary/aromatic N) is 3. The Hall–Kier alpha value is -1.92. The van der Waals surface area contributed by atoms with Gasteiger partial charge in [-0.15, -0.1) is 12.4 Å². The zero-order valence-electron chi connectivity index (χ0n) is 13.2. The van der Waals surface area contributed by atoms with Gasteiger partial charge in [-0.05, 0) is 38.1 Å². The molecule has 1 aliphatic rings. The number of halogens is 1. The highest BCUT2D eigenvalue weighted by atomic mass is 35.5. The number of piperidine rings is 1. The minimum absolute atomic E-state index is 0. The van der Waals surface area contributed by atoms with Gasteiger partial charge in [-0.1, -0.05) is 0 Å². The van der Waals surface area contributed by atoms with Crippen molar-refractivity contribution in [3.63, 3.8) is 0 Å². The van der Waals surface area contributed by atoms with E-state index < -0.39 is 0 Å². The van der Waals surface area contributed by atoms with Crippen molar-refractivity contribution >= 4 is 18.3 Å². The molecule has 2 aromatic heterocycles. The molecule has 6 nitrogen and oxygen atoms in total. The summed E-state index contributed by atoms with van der Waals surface area (Å²) in [6.07, 6.45) is 7.47. The molecule has 1 amide bonds. The van der Waals surface area contributed by atoms with Crippen LogP contribution in [0, 0.1) is 0 Å². The van der Waals surface area contributed by atoms with Gasteiger partial charge >= 0.3 is 0 Å². The van der Waals surface area contributed by atoms with E-state index in [9.17, 15) is 4.79 Å². The molecule has 23 heavy (non-hydrogen) atoms. The molecular weight excluding hydrogens is 314 g/mol. The van der Waals surface area contributed by atoms with Gasteiger partial charge in [0, 0.05) is 42.8 Å². The smallest absolute Gasteiger partial charge is 0.251 e. The van der Waals surface area contributed by atoms with Gasteiger partial charge < -0.3 is 15.2 Å². The molecule has 0 radical (unpaired) electrons. The molecule has 1 aliphatic heterocycles. The summed E-state index contributed by atoms with van der Waals surface area (Å²) in [4.78, 5) is 20.9. The number of aromatic nitrogens is 3. The van der Waals surface area contributed by atoms with Crippen LogP contribution in [0.2, 0.25) is 0 Å². The summed E-state index contributed by atoms with van der Waals surface area (Å²) in [5.41, 5.74) is 1.68. The highest BCUT2D eigenvalue weighted by molar-refractivity contribution is 5.94. The van der Waals surface area contributed by atoms with Crippen molar-refractivity contribution in [2.24, 2.45) is 7.05 Å². The van der Waals surface area contributed by atoms with Gasteiger partial charge in [0.05, 0.1) is 6.54 Å². The third-order valence-electron chi connectivity index (χ3n) is 4.13. The van der Waals surface area contributed by atoms with Gasteiger partial charge in [-0.25, -0.2) is 4.98 Å². The highest BCUT2D eigenvalue weighted by Crippen LogP contribution is 2.23. The molecule has 7 heteroatoms. The lowest BCUT2D eigenvalue weighted by atomic mass is 9.93. The first kappa shape index (κ1) is 17.4. The molecular formula is C16H22ClN5O. The summed E-state index contributed by atoms with van der Waals surface area (Å²) in [6.45, 7) is 2.46. The van der Waals surface area contributed by atoms with Gasteiger partial charge in [-0.2, -0.15) is 0 Å². The van der Waals surface area contributed by atoms with Crippen LogP contribution in [0.3, 0.4) is 0 Å². The fraction of sp³-hybridized carbons (Fsp3) is 0.438. The fourth-order valence-corrected chi connectivity index (χ4v) is 2.76. The van der Waals surface area contributed by atoms with Crippen molar-refractivity contribution in [3.05, 3.63) is 47.8 Å². The Morgan fingerprint density at radius 2 is 2.13 bits per heavy atom. The molecule has 1 fully saturated rings. The topological polar surface area (TPSA) is 71.8 Å². The van der Waals surface area contributed by atoms with Crippen LogP contribution >= 0.6 is 12.4 Å². The molecule has 0 atom stereocenters. The van der Waals surface area contributed by atoms with E-state index >= 15 is 0 Å². The molecule has 0 bridgehead atoms. The standard InChI is InChI=1S/C16H21N5O.ClH/c1-21-9-8-19-15(21)11-20-16(22)13-4-7-18-14(10-13)12-2-5-17-6-3-12;/h4,7-10,12,17H,2-3,5-6,11H2,1H3,(H,20,22);1H. The molecule has 0 saturated carbocycles. The molecule has 2 N–H and O–H groups in total. The SMILES string of the molecule is Cl.Cn1ccnc1CNC(=O)c1ccnc(C2CCNCC2)c1. The number of aryl methyl sites for hydroxylation is 1. The second kappa shape index (κ2) is 8.08. The number of rotatable bonds is 4. The monoisotopic (exact) mass is 335 g/mol. The third kappa shape index (κ3) is 4.30. The maximum absolute atomic E-state index is 12.3. The first-order valence-corrected chi connectivity index (χ1v) is 7.65. The lowest BCUT2D eigenvalue weighted by Crippen LogP contribution is -2.28. The summed E-state index contributed by atoms with van der Waals surface area (Å²) < 4.78 is 1.90. The number of amides is 1. The van der Waals surface area contributed by atoms with Crippen molar-refractivity contribution < 1.29 is 4.79 Å². The predicted octanol–water partition coefficient (Wildman–Crippen LogP) is 1.63. The Morgan fingerprint density at radius 1 is 1.35 bits per heavy atom. The van der Waals surface area contributed by atoms with Gasteiger partial charge in [0.25, 0.3) is 5.91 Å². The van der Waals surface area contributed by atoms with Gasteiger partial charge in [0.15, 0.2) is 0 Å². The van der Waals surface area contributed by atoms with Crippen LogP contribution in [0.15, 0.2) is 30.7 Å². The largest absolute Gasteiger partial charge is 0.345 e. The molecule has 0 aromatic carbocycles. The van der Waals surface area contributed by atoms with Crippen LogP contribution in [0.4, 0.5) is 0 Å². The molecule has 3 heterocycles. The van der Waals surface area contributed by atoms with Crippen molar-refractivity contribution in [2.45, 2.75) is 25.3 Å². The lowest BCUT2D eigenvalue weighted by molar-refractivity contribution is 0.0949. The molecule has 0 aliphatic carbocycles. The van der Waals surface area contributed by atoms with E-state index in [4.69, 9.17) is 0 Å². The average molecular weight is 336 g/mol. The first-order valence-electron chi connectivity index (χ1n) is 7.65. The fourth-order valence-electron chi connectivity index (χ4n) is 2.76. The number of carbonyl (C=O) groups excluding carboxylic acids is 1. The molecule has 2 aromatic rings.